The fourth-order valence-electron chi connectivity index (χ4n) is 3.22. The third kappa shape index (κ3) is 3.38. The summed E-state index contributed by atoms with van der Waals surface area (Å²) in [7, 11) is 0. The average Bonchev–Trinajstić information content (AvgIpc) is 2.97. The Morgan fingerprint density at radius 3 is 2.91 bits per heavy atom. The maximum absolute atomic E-state index is 14.6. The van der Waals surface area contributed by atoms with E-state index in [-0.39, 0.29) is 24.6 Å². The zero-order valence-corrected chi connectivity index (χ0v) is 13.2. The molecule has 0 saturated carbocycles. The maximum atomic E-state index is 14.6. The summed E-state index contributed by atoms with van der Waals surface area (Å²) in [6, 6.07) is 4.84. The predicted octanol–water partition coefficient (Wildman–Crippen LogP) is 2.35. The molecule has 2 heterocycles. The molecule has 3 atom stereocenters. The number of halogens is 2. The van der Waals surface area contributed by atoms with Crippen LogP contribution in [0.3, 0.4) is 0 Å². The van der Waals surface area contributed by atoms with Gasteiger partial charge in [0.25, 0.3) is 0 Å². The summed E-state index contributed by atoms with van der Waals surface area (Å²) in [5.41, 5.74) is 5.57. The van der Waals surface area contributed by atoms with Gasteiger partial charge in [-0.1, -0.05) is 12.1 Å². The Bertz CT molecular complexity index is 602. The Hall–Kier alpha value is -1.53. The van der Waals surface area contributed by atoms with Crippen LogP contribution in [0.15, 0.2) is 23.2 Å². The molecule has 0 aliphatic carbocycles. The number of benzene rings is 1. The van der Waals surface area contributed by atoms with Gasteiger partial charge in [-0.15, -0.1) is 0 Å². The SMILES string of the molecule is C[C@]1(c2cc(CC3CCOC3)ccc2F)N=C(N)COC[C@@H]1F. The summed E-state index contributed by atoms with van der Waals surface area (Å²) in [5.74, 6) is 0.134. The van der Waals surface area contributed by atoms with Gasteiger partial charge in [0.2, 0.25) is 0 Å². The smallest absolute Gasteiger partial charge is 0.152 e. The van der Waals surface area contributed by atoms with E-state index in [0.29, 0.717) is 12.5 Å². The van der Waals surface area contributed by atoms with Gasteiger partial charge in [-0.25, -0.2) is 8.78 Å². The molecular formula is C17H22F2N2O2. The van der Waals surface area contributed by atoms with E-state index in [4.69, 9.17) is 15.2 Å². The molecule has 6 heteroatoms. The van der Waals surface area contributed by atoms with Crippen molar-refractivity contribution in [1.29, 1.82) is 0 Å². The van der Waals surface area contributed by atoms with Crippen LogP contribution in [-0.2, 0) is 21.4 Å². The van der Waals surface area contributed by atoms with Crippen LogP contribution in [0.25, 0.3) is 0 Å². The van der Waals surface area contributed by atoms with Crippen molar-refractivity contribution in [2.24, 2.45) is 16.6 Å². The van der Waals surface area contributed by atoms with E-state index >= 15 is 0 Å². The standard InChI is InChI=1S/C17H22F2N2O2/c1-17(15(19)9-23-10-16(20)21-17)13-7-11(2-3-14(13)18)6-12-4-5-22-8-12/h2-3,7,12,15H,4-6,8-10H2,1H3,(H2,20,21)/t12?,15-,17+/m0/s1. The lowest BCUT2D eigenvalue weighted by Gasteiger charge is -2.29. The number of hydrogen-bond acceptors (Lipinski definition) is 4. The number of alkyl halides is 1. The van der Waals surface area contributed by atoms with Gasteiger partial charge in [0, 0.05) is 18.8 Å². The fraction of sp³-hybridized carbons (Fsp3) is 0.588. The van der Waals surface area contributed by atoms with Crippen molar-refractivity contribution in [1.82, 2.24) is 0 Å². The molecule has 0 bridgehead atoms. The van der Waals surface area contributed by atoms with E-state index in [9.17, 15) is 8.78 Å². The Kier molecular flexibility index (Phi) is 4.64. The Balaban J connectivity index is 1.94. The number of aliphatic imine (C=N–C) groups is 1. The second-order valence-corrected chi connectivity index (χ2v) is 6.48. The second kappa shape index (κ2) is 6.53. The van der Waals surface area contributed by atoms with Gasteiger partial charge in [-0.05, 0) is 37.3 Å². The van der Waals surface area contributed by atoms with Gasteiger partial charge in [-0.2, -0.15) is 0 Å². The van der Waals surface area contributed by atoms with Crippen molar-refractivity contribution < 1.29 is 18.3 Å². The van der Waals surface area contributed by atoms with E-state index < -0.39 is 17.5 Å². The first-order valence-corrected chi connectivity index (χ1v) is 7.91. The number of hydrogen-bond donors (Lipinski definition) is 1. The van der Waals surface area contributed by atoms with E-state index in [1.807, 2.05) is 0 Å². The molecule has 0 spiro atoms. The van der Waals surface area contributed by atoms with Crippen molar-refractivity contribution in [2.75, 3.05) is 26.4 Å². The van der Waals surface area contributed by atoms with Crippen molar-refractivity contribution in [3.05, 3.63) is 35.1 Å². The summed E-state index contributed by atoms with van der Waals surface area (Å²) >= 11 is 0. The van der Waals surface area contributed by atoms with Crippen molar-refractivity contribution in [3.8, 4) is 0 Å². The summed E-state index contributed by atoms with van der Waals surface area (Å²) in [6.45, 7) is 2.97. The zero-order chi connectivity index (χ0) is 16.4. The van der Waals surface area contributed by atoms with Crippen LogP contribution in [0.4, 0.5) is 8.78 Å². The van der Waals surface area contributed by atoms with E-state index in [1.165, 1.54) is 6.07 Å². The maximum Gasteiger partial charge on any atom is 0.152 e. The van der Waals surface area contributed by atoms with Crippen LogP contribution in [0.1, 0.15) is 24.5 Å². The number of rotatable bonds is 3. The largest absolute Gasteiger partial charge is 0.386 e. The molecule has 1 unspecified atom stereocenters. The summed E-state index contributed by atoms with van der Waals surface area (Å²) in [6.07, 6.45) is 0.327. The molecule has 23 heavy (non-hydrogen) atoms. The van der Waals surface area contributed by atoms with Crippen LogP contribution in [0.2, 0.25) is 0 Å². The lowest BCUT2D eigenvalue weighted by molar-refractivity contribution is 0.0754. The highest BCUT2D eigenvalue weighted by molar-refractivity contribution is 5.82. The average molecular weight is 324 g/mol. The number of nitrogens with two attached hydrogens (primary N) is 1. The molecule has 2 aliphatic rings. The third-order valence-corrected chi connectivity index (χ3v) is 4.62. The lowest BCUT2D eigenvalue weighted by atomic mass is 9.85. The minimum Gasteiger partial charge on any atom is -0.386 e. The molecule has 126 valence electrons. The van der Waals surface area contributed by atoms with E-state index in [1.54, 1.807) is 19.1 Å². The molecule has 2 N–H and O–H groups in total. The van der Waals surface area contributed by atoms with Gasteiger partial charge >= 0.3 is 0 Å². The van der Waals surface area contributed by atoms with Gasteiger partial charge < -0.3 is 15.2 Å². The minimum atomic E-state index is -1.46. The van der Waals surface area contributed by atoms with E-state index in [2.05, 4.69) is 4.99 Å². The molecule has 1 saturated heterocycles. The number of amidine groups is 1. The van der Waals surface area contributed by atoms with Gasteiger partial charge in [0.1, 0.15) is 23.8 Å². The van der Waals surface area contributed by atoms with Gasteiger partial charge in [0.15, 0.2) is 6.17 Å². The molecular weight excluding hydrogens is 302 g/mol. The highest BCUT2D eigenvalue weighted by atomic mass is 19.1. The first-order valence-electron chi connectivity index (χ1n) is 7.91. The predicted molar refractivity (Wildman–Crippen MR) is 83.7 cm³/mol. The summed E-state index contributed by atoms with van der Waals surface area (Å²) in [4.78, 5) is 4.22. The molecule has 3 rings (SSSR count). The molecule has 2 aliphatic heterocycles. The van der Waals surface area contributed by atoms with Crippen LogP contribution in [0, 0.1) is 11.7 Å². The topological polar surface area (TPSA) is 56.8 Å². The Morgan fingerprint density at radius 1 is 1.35 bits per heavy atom. The molecule has 1 fully saturated rings. The van der Waals surface area contributed by atoms with Crippen LogP contribution < -0.4 is 5.73 Å². The molecule has 1 aromatic rings. The third-order valence-electron chi connectivity index (χ3n) is 4.62. The molecule has 1 aromatic carbocycles. The molecule has 0 amide bonds. The highest BCUT2D eigenvalue weighted by Gasteiger charge is 2.40. The normalized spacial score (nSPS) is 31.7. The fourth-order valence-corrected chi connectivity index (χ4v) is 3.22. The van der Waals surface area contributed by atoms with Gasteiger partial charge in [-0.3, -0.25) is 4.99 Å². The first-order chi connectivity index (χ1) is 11.0. The minimum absolute atomic E-state index is 0.0662. The highest BCUT2D eigenvalue weighted by Crippen LogP contribution is 2.36. The molecule has 4 nitrogen and oxygen atoms in total. The van der Waals surface area contributed by atoms with Crippen LogP contribution in [-0.4, -0.2) is 38.4 Å². The lowest BCUT2D eigenvalue weighted by Crippen LogP contribution is -2.35. The Morgan fingerprint density at radius 2 is 2.17 bits per heavy atom. The van der Waals surface area contributed by atoms with Crippen LogP contribution in [0.5, 0.6) is 0 Å². The molecule has 0 radical (unpaired) electrons. The first kappa shape index (κ1) is 16.3. The van der Waals surface area contributed by atoms with Crippen molar-refractivity contribution in [3.63, 3.8) is 0 Å². The summed E-state index contributed by atoms with van der Waals surface area (Å²) < 4.78 is 39.5. The zero-order valence-electron chi connectivity index (χ0n) is 13.2. The number of ether oxygens (including phenoxy) is 2. The van der Waals surface area contributed by atoms with E-state index in [0.717, 1.165) is 25.0 Å². The van der Waals surface area contributed by atoms with Gasteiger partial charge in [0.05, 0.1) is 6.61 Å². The number of nitrogens with zero attached hydrogens (tertiary/aromatic N) is 1. The second-order valence-electron chi connectivity index (χ2n) is 6.48. The monoisotopic (exact) mass is 324 g/mol. The molecule has 0 aromatic heterocycles. The van der Waals surface area contributed by atoms with Crippen molar-refractivity contribution in [2.45, 2.75) is 31.5 Å². The summed E-state index contributed by atoms with van der Waals surface area (Å²) in [5, 5.41) is 0. The quantitative estimate of drug-likeness (QED) is 0.928. The van der Waals surface area contributed by atoms with Crippen LogP contribution >= 0.6 is 0 Å². The Labute approximate surface area is 134 Å². The van der Waals surface area contributed by atoms with Crippen molar-refractivity contribution >= 4 is 5.84 Å².